The molecule has 2 aliphatic rings. The van der Waals surface area contributed by atoms with E-state index in [1.165, 1.54) is 36.1 Å². The van der Waals surface area contributed by atoms with Crippen LogP contribution in [-0.2, 0) is 24.2 Å². The van der Waals surface area contributed by atoms with Crippen molar-refractivity contribution in [3.63, 3.8) is 0 Å². The van der Waals surface area contributed by atoms with Crippen LogP contribution in [0.5, 0.6) is 0 Å². The van der Waals surface area contributed by atoms with E-state index in [4.69, 9.17) is 9.25 Å². The Hall–Kier alpha value is -3.93. The number of hydrogen-bond donors (Lipinski definition) is 0. The van der Waals surface area contributed by atoms with Crippen LogP contribution in [0.2, 0.25) is 0 Å². The molecule has 0 amide bonds. The lowest BCUT2D eigenvalue weighted by Gasteiger charge is -2.29. The molecule has 1 atom stereocenters. The molecule has 0 saturated carbocycles. The van der Waals surface area contributed by atoms with Gasteiger partial charge in [0.1, 0.15) is 5.82 Å². The second-order valence-corrected chi connectivity index (χ2v) is 8.71. The molecule has 0 radical (unpaired) electrons. The lowest BCUT2D eigenvalue weighted by molar-refractivity contribution is 0.00499. The molecule has 2 aromatic carbocycles. The summed E-state index contributed by atoms with van der Waals surface area (Å²) in [6.45, 7) is 0.508. The summed E-state index contributed by atoms with van der Waals surface area (Å²) in [7, 11) is 0. The number of nitrogens with zero attached hydrogens (tertiary/aromatic N) is 3. The first-order valence-electron chi connectivity index (χ1n) is 11.6. The third-order valence-electron chi connectivity index (χ3n) is 6.63. The summed E-state index contributed by atoms with van der Waals surface area (Å²) in [5, 5.41) is 4.46. The Balaban J connectivity index is 1.41. The minimum absolute atomic E-state index is 0.256. The smallest absolute Gasteiger partial charge is 0.228 e. The molecule has 4 aromatic rings. The number of halogens is 1. The normalized spacial score (nSPS) is 17.3. The van der Waals surface area contributed by atoms with E-state index in [2.05, 4.69) is 33.2 Å². The average molecular weight is 454 g/mol. The number of hydrogen-bond acceptors (Lipinski definition) is 5. The zero-order valence-electron chi connectivity index (χ0n) is 18.7. The van der Waals surface area contributed by atoms with E-state index in [0.717, 1.165) is 35.1 Å². The largest absolute Gasteiger partial charge is 0.461 e. The Bertz CT molecular complexity index is 1330. The van der Waals surface area contributed by atoms with Crippen molar-refractivity contribution < 1.29 is 13.6 Å². The molecular weight excluding hydrogens is 429 g/mol. The molecule has 170 valence electrons. The zero-order chi connectivity index (χ0) is 22.9. The zero-order valence-corrected chi connectivity index (χ0v) is 18.7. The van der Waals surface area contributed by atoms with Crippen LogP contribution in [-0.4, -0.2) is 15.7 Å². The highest BCUT2D eigenvalue weighted by Gasteiger charge is 2.36. The highest BCUT2D eigenvalue weighted by atomic mass is 19.1. The molecule has 3 heterocycles. The van der Waals surface area contributed by atoms with Crippen molar-refractivity contribution in [3.05, 3.63) is 113 Å². The van der Waals surface area contributed by atoms with Crippen molar-refractivity contribution >= 4 is 5.84 Å². The maximum atomic E-state index is 13.6. The number of aryl methyl sites for hydroxylation is 1. The van der Waals surface area contributed by atoms with Gasteiger partial charge in [-0.05, 0) is 83.8 Å². The lowest BCUT2D eigenvalue weighted by Crippen LogP contribution is -2.31. The number of benzene rings is 2. The van der Waals surface area contributed by atoms with E-state index in [9.17, 15) is 4.39 Å². The summed E-state index contributed by atoms with van der Waals surface area (Å²) >= 11 is 0. The topological polar surface area (TPSA) is 50.9 Å². The van der Waals surface area contributed by atoms with Gasteiger partial charge in [-0.1, -0.05) is 35.5 Å². The number of oxime groups is 1. The molecule has 6 rings (SSSR count). The van der Waals surface area contributed by atoms with Crippen LogP contribution in [0.4, 0.5) is 4.39 Å². The Kier molecular flexibility index (Phi) is 5.34. The number of pyridine rings is 1. The summed E-state index contributed by atoms with van der Waals surface area (Å²) in [4.78, 5) is 12.6. The van der Waals surface area contributed by atoms with Crippen molar-refractivity contribution in [2.45, 2.75) is 38.5 Å². The van der Waals surface area contributed by atoms with Crippen LogP contribution in [0, 0.1) is 5.82 Å². The quantitative estimate of drug-likeness (QED) is 0.358. The summed E-state index contributed by atoms with van der Waals surface area (Å²) in [6, 6.07) is 18.7. The Morgan fingerprint density at radius 2 is 1.85 bits per heavy atom. The van der Waals surface area contributed by atoms with Gasteiger partial charge in [-0.2, -0.15) is 0 Å². The molecule has 0 saturated heterocycles. The van der Waals surface area contributed by atoms with Crippen LogP contribution in [0.15, 0.2) is 88.9 Å². The molecule has 1 aliphatic heterocycles. The molecule has 34 heavy (non-hydrogen) atoms. The van der Waals surface area contributed by atoms with E-state index in [1.54, 1.807) is 24.6 Å². The maximum Gasteiger partial charge on any atom is 0.228 e. The summed E-state index contributed by atoms with van der Waals surface area (Å²) in [6.07, 6.45) is 9.43. The number of furan rings is 1. The van der Waals surface area contributed by atoms with E-state index in [1.807, 2.05) is 24.4 Å². The first-order valence-corrected chi connectivity index (χ1v) is 11.6. The fourth-order valence-corrected chi connectivity index (χ4v) is 4.98. The van der Waals surface area contributed by atoms with Gasteiger partial charge < -0.3 is 14.2 Å². The number of amidine groups is 1. The van der Waals surface area contributed by atoms with Crippen molar-refractivity contribution in [2.24, 2.45) is 5.16 Å². The van der Waals surface area contributed by atoms with Crippen LogP contribution in [0.3, 0.4) is 0 Å². The number of fused-ring (bicyclic) bond motifs is 1. The minimum atomic E-state index is -0.366. The highest BCUT2D eigenvalue weighted by Crippen LogP contribution is 2.38. The van der Waals surface area contributed by atoms with Crippen LogP contribution in [0.25, 0.3) is 11.1 Å². The molecule has 0 fully saturated rings. The average Bonchev–Trinajstić information content (AvgIpc) is 3.55. The Morgan fingerprint density at radius 3 is 2.71 bits per heavy atom. The maximum absolute atomic E-state index is 13.6. The molecule has 2 aromatic heterocycles. The van der Waals surface area contributed by atoms with Gasteiger partial charge in [0.15, 0.2) is 5.76 Å². The fraction of sp³-hybridized carbons (Fsp3) is 0.214. The Labute approximate surface area is 197 Å². The van der Waals surface area contributed by atoms with Crippen molar-refractivity contribution in [1.82, 2.24) is 9.88 Å². The molecular formula is C28H24FN3O2. The molecule has 0 spiro atoms. The van der Waals surface area contributed by atoms with Gasteiger partial charge in [-0.15, -0.1) is 0 Å². The van der Waals surface area contributed by atoms with E-state index in [0.29, 0.717) is 18.1 Å². The van der Waals surface area contributed by atoms with Gasteiger partial charge in [-0.25, -0.2) is 4.39 Å². The summed E-state index contributed by atoms with van der Waals surface area (Å²) < 4.78 is 19.3. The number of rotatable bonds is 5. The van der Waals surface area contributed by atoms with Gasteiger partial charge in [-0.3, -0.25) is 4.98 Å². The first-order chi connectivity index (χ1) is 16.8. The second kappa shape index (κ2) is 8.78. The molecule has 6 heteroatoms. The first kappa shape index (κ1) is 20.7. The third kappa shape index (κ3) is 3.75. The molecule has 0 N–H and O–H groups in total. The SMILES string of the molecule is Fc1ccc(-c2ccncc2CN2C(c3ccco3)=NOC2c2cccc3c2CCCC3)cc1. The van der Waals surface area contributed by atoms with E-state index < -0.39 is 0 Å². The standard InChI is InChI=1S/C28H24FN3O2/c29-22-12-10-20(11-13-22)23-14-15-30-17-21(23)18-32-27(26-9-4-16-33-26)31-34-28(32)25-8-3-6-19-5-1-2-7-24(19)25/h3-4,6,8-17,28H,1-2,5,7,18H2. The summed E-state index contributed by atoms with van der Waals surface area (Å²) in [5.41, 5.74) is 6.83. The van der Waals surface area contributed by atoms with Crippen LogP contribution < -0.4 is 0 Å². The molecule has 5 nitrogen and oxygen atoms in total. The third-order valence-corrected chi connectivity index (χ3v) is 6.63. The molecule has 1 aliphatic carbocycles. The van der Waals surface area contributed by atoms with Gasteiger partial charge in [0.2, 0.25) is 12.1 Å². The fourth-order valence-electron chi connectivity index (χ4n) is 4.98. The minimum Gasteiger partial charge on any atom is -0.461 e. The molecule has 0 bridgehead atoms. The van der Waals surface area contributed by atoms with Gasteiger partial charge in [0.25, 0.3) is 0 Å². The van der Waals surface area contributed by atoms with Crippen LogP contribution in [0.1, 0.15) is 47.1 Å². The monoisotopic (exact) mass is 453 g/mol. The van der Waals surface area contributed by atoms with Crippen molar-refractivity contribution in [3.8, 4) is 11.1 Å². The number of aromatic nitrogens is 1. The van der Waals surface area contributed by atoms with E-state index in [-0.39, 0.29) is 12.0 Å². The lowest BCUT2D eigenvalue weighted by atomic mass is 9.87. The summed E-state index contributed by atoms with van der Waals surface area (Å²) in [5.74, 6) is 1.05. The van der Waals surface area contributed by atoms with Crippen LogP contribution >= 0.6 is 0 Å². The van der Waals surface area contributed by atoms with Crippen molar-refractivity contribution in [2.75, 3.05) is 0 Å². The van der Waals surface area contributed by atoms with Gasteiger partial charge in [0, 0.05) is 18.0 Å². The van der Waals surface area contributed by atoms with Gasteiger partial charge >= 0.3 is 0 Å². The second-order valence-electron chi connectivity index (χ2n) is 8.71. The highest BCUT2D eigenvalue weighted by molar-refractivity contribution is 5.97. The predicted octanol–water partition coefficient (Wildman–Crippen LogP) is 6.25. The Morgan fingerprint density at radius 1 is 0.971 bits per heavy atom. The molecule has 1 unspecified atom stereocenters. The van der Waals surface area contributed by atoms with Gasteiger partial charge in [0.05, 0.1) is 12.8 Å². The van der Waals surface area contributed by atoms with E-state index >= 15 is 0 Å². The van der Waals surface area contributed by atoms with Crippen molar-refractivity contribution in [1.29, 1.82) is 0 Å². The predicted molar refractivity (Wildman–Crippen MR) is 127 cm³/mol.